The third-order valence-corrected chi connectivity index (χ3v) is 4.09. The zero-order valence-electron chi connectivity index (χ0n) is 10.3. The fraction of sp³-hybridized carbons (Fsp3) is 0.500. The van der Waals surface area contributed by atoms with Crippen LogP contribution in [0.1, 0.15) is 18.4 Å². The van der Waals surface area contributed by atoms with Crippen LogP contribution >= 0.6 is 0 Å². The van der Waals surface area contributed by atoms with Crippen LogP contribution in [0.15, 0.2) is 24.3 Å². The Balaban J connectivity index is 1.98. The monoisotopic (exact) mass is 230 g/mol. The quantitative estimate of drug-likeness (QED) is 0.797. The fourth-order valence-electron chi connectivity index (χ4n) is 3.26. The van der Waals surface area contributed by atoms with Crippen LogP contribution in [0.25, 0.3) is 0 Å². The van der Waals surface area contributed by atoms with E-state index in [9.17, 15) is 4.79 Å². The van der Waals surface area contributed by atoms with Gasteiger partial charge in [-0.15, -0.1) is 0 Å². The molecular formula is C14H18N2O. The first-order chi connectivity index (χ1) is 8.16. The minimum atomic E-state index is 0.117. The molecule has 3 heteroatoms. The number of nitrogens with zero attached hydrogens (tertiary/aromatic N) is 1. The van der Waals surface area contributed by atoms with Gasteiger partial charge in [0.2, 0.25) is 0 Å². The first-order valence-corrected chi connectivity index (χ1v) is 6.21. The highest BCUT2D eigenvalue weighted by atomic mass is 16.1. The maximum absolute atomic E-state index is 11.8. The second kappa shape index (κ2) is 3.84. The molecule has 0 bridgehead atoms. The maximum atomic E-state index is 11.8. The number of anilines is 1. The topological polar surface area (TPSA) is 32.3 Å². The van der Waals surface area contributed by atoms with E-state index in [4.69, 9.17) is 0 Å². The number of piperidine rings is 1. The highest BCUT2D eigenvalue weighted by molar-refractivity contribution is 5.81. The molecule has 1 aromatic carbocycles. The van der Waals surface area contributed by atoms with Crippen molar-refractivity contribution < 1.29 is 4.79 Å². The Labute approximate surface area is 102 Å². The van der Waals surface area contributed by atoms with Gasteiger partial charge < -0.3 is 10.2 Å². The third-order valence-electron chi connectivity index (χ3n) is 4.09. The normalized spacial score (nSPS) is 31.5. The lowest BCUT2D eigenvalue weighted by atomic mass is 9.81. The number of rotatable bonds is 1. The van der Waals surface area contributed by atoms with E-state index in [0.29, 0.717) is 17.7 Å². The van der Waals surface area contributed by atoms with Crippen molar-refractivity contribution in [3.05, 3.63) is 29.8 Å². The van der Waals surface area contributed by atoms with Crippen molar-refractivity contribution in [1.29, 1.82) is 0 Å². The highest BCUT2D eigenvalue weighted by Crippen LogP contribution is 2.41. The molecule has 1 N–H and O–H groups in total. The Morgan fingerprint density at radius 3 is 2.88 bits per heavy atom. The molecule has 0 amide bonds. The number of hydrogen-bond acceptors (Lipinski definition) is 3. The average molecular weight is 230 g/mol. The molecule has 1 aromatic rings. The zero-order valence-corrected chi connectivity index (χ0v) is 10.3. The van der Waals surface area contributed by atoms with Crippen LogP contribution in [0.4, 0.5) is 5.69 Å². The second-order valence-corrected chi connectivity index (χ2v) is 5.30. The summed E-state index contributed by atoms with van der Waals surface area (Å²) in [6.45, 7) is 3.63. The Bertz CT molecular complexity index is 457. The molecule has 2 heterocycles. The first-order valence-electron chi connectivity index (χ1n) is 6.21. The van der Waals surface area contributed by atoms with Crippen LogP contribution in [0.2, 0.25) is 0 Å². The lowest BCUT2D eigenvalue weighted by molar-refractivity contribution is -0.122. The fourth-order valence-corrected chi connectivity index (χ4v) is 3.26. The number of likely N-dealkylation sites (N-methyl/N-ethyl adjacent to an activating group) is 1. The predicted molar refractivity (Wildman–Crippen MR) is 68.3 cm³/mol. The average Bonchev–Trinajstić information content (AvgIpc) is 2.66. The summed E-state index contributed by atoms with van der Waals surface area (Å²) in [5.74, 6) is 0.872. The second-order valence-electron chi connectivity index (χ2n) is 5.30. The molecule has 90 valence electrons. The summed E-state index contributed by atoms with van der Waals surface area (Å²) < 4.78 is 0. The lowest BCUT2D eigenvalue weighted by Gasteiger charge is -2.38. The molecule has 1 fully saturated rings. The van der Waals surface area contributed by atoms with Gasteiger partial charge in [-0.3, -0.25) is 4.79 Å². The zero-order chi connectivity index (χ0) is 12.0. The van der Waals surface area contributed by atoms with Crippen molar-refractivity contribution >= 4 is 11.5 Å². The summed E-state index contributed by atoms with van der Waals surface area (Å²) in [4.78, 5) is 14.0. The van der Waals surface area contributed by atoms with Gasteiger partial charge in [0.15, 0.2) is 0 Å². The van der Waals surface area contributed by atoms with E-state index in [0.717, 1.165) is 13.1 Å². The summed E-state index contributed by atoms with van der Waals surface area (Å²) >= 11 is 0. The molecule has 3 rings (SSSR count). The van der Waals surface area contributed by atoms with Crippen LogP contribution in [0.5, 0.6) is 0 Å². The molecule has 3 atom stereocenters. The van der Waals surface area contributed by atoms with Gasteiger partial charge in [-0.1, -0.05) is 18.2 Å². The van der Waals surface area contributed by atoms with Crippen LogP contribution in [-0.2, 0) is 4.79 Å². The number of likely N-dealkylation sites (tertiary alicyclic amines) is 1. The van der Waals surface area contributed by atoms with Gasteiger partial charge >= 0.3 is 0 Å². The van der Waals surface area contributed by atoms with E-state index in [1.807, 2.05) is 0 Å². The number of benzene rings is 1. The molecule has 3 nitrogen and oxygen atoms in total. The van der Waals surface area contributed by atoms with Crippen molar-refractivity contribution in [3.63, 3.8) is 0 Å². The van der Waals surface area contributed by atoms with Crippen molar-refractivity contribution in [1.82, 2.24) is 4.90 Å². The van der Waals surface area contributed by atoms with Gasteiger partial charge in [0.25, 0.3) is 0 Å². The summed E-state index contributed by atoms with van der Waals surface area (Å²) in [7, 11) is 2.10. The first kappa shape index (κ1) is 10.8. The van der Waals surface area contributed by atoms with E-state index in [2.05, 4.69) is 41.5 Å². The number of ketones is 1. The van der Waals surface area contributed by atoms with E-state index in [1.165, 1.54) is 11.3 Å². The lowest BCUT2D eigenvalue weighted by Crippen LogP contribution is -2.49. The molecular weight excluding hydrogens is 212 g/mol. The molecule has 1 saturated heterocycles. The molecule has 0 aliphatic carbocycles. The largest absolute Gasteiger partial charge is 0.381 e. The van der Waals surface area contributed by atoms with Gasteiger partial charge in [0, 0.05) is 30.7 Å². The molecule has 17 heavy (non-hydrogen) atoms. The highest BCUT2D eigenvalue weighted by Gasteiger charge is 2.43. The van der Waals surface area contributed by atoms with Gasteiger partial charge in [-0.25, -0.2) is 0 Å². The molecule has 0 radical (unpaired) electrons. The summed E-state index contributed by atoms with van der Waals surface area (Å²) in [5.41, 5.74) is 2.58. The number of Topliss-reactive ketones (excluding diaryl/α,β-unsaturated/α-hetero) is 1. The molecule has 0 aromatic heterocycles. The summed E-state index contributed by atoms with van der Waals surface area (Å²) in [6, 6.07) is 8.73. The van der Waals surface area contributed by atoms with E-state index >= 15 is 0 Å². The molecule has 3 unspecified atom stereocenters. The Kier molecular flexibility index (Phi) is 2.44. The van der Waals surface area contributed by atoms with Crippen molar-refractivity contribution in [3.8, 4) is 0 Å². The predicted octanol–water partition coefficient (Wildman–Crippen LogP) is 1.71. The van der Waals surface area contributed by atoms with E-state index in [1.54, 1.807) is 6.92 Å². The van der Waals surface area contributed by atoms with Gasteiger partial charge in [-0.05, 0) is 25.6 Å². The summed E-state index contributed by atoms with van der Waals surface area (Å²) in [6.07, 6.45) is 0. The van der Waals surface area contributed by atoms with Gasteiger partial charge in [0.05, 0.1) is 5.92 Å². The Morgan fingerprint density at radius 1 is 1.35 bits per heavy atom. The number of fused-ring (bicyclic) bond motifs is 3. The van der Waals surface area contributed by atoms with Gasteiger partial charge in [-0.2, -0.15) is 0 Å². The van der Waals surface area contributed by atoms with Crippen LogP contribution in [0.3, 0.4) is 0 Å². The standard InChI is InChI=1S/C14H18N2O/c1-9(17)11-7-16(2)8-12-10-5-3-4-6-13(10)15-14(11)12/h3-6,11-12,14-15H,7-8H2,1-2H3. The van der Waals surface area contributed by atoms with Crippen molar-refractivity contribution in [2.75, 3.05) is 25.5 Å². The minimum Gasteiger partial charge on any atom is -0.381 e. The summed E-state index contributed by atoms with van der Waals surface area (Å²) in [5, 5.41) is 3.54. The Hall–Kier alpha value is -1.35. The van der Waals surface area contributed by atoms with Crippen molar-refractivity contribution in [2.45, 2.75) is 18.9 Å². The molecule has 0 saturated carbocycles. The van der Waals surface area contributed by atoms with Gasteiger partial charge in [0.1, 0.15) is 5.78 Å². The smallest absolute Gasteiger partial charge is 0.136 e. The van der Waals surface area contributed by atoms with Crippen LogP contribution in [0, 0.1) is 5.92 Å². The van der Waals surface area contributed by atoms with Crippen LogP contribution < -0.4 is 5.32 Å². The number of carbonyl (C=O) groups is 1. The number of para-hydroxylation sites is 1. The maximum Gasteiger partial charge on any atom is 0.136 e. The molecule has 2 aliphatic heterocycles. The SMILES string of the molecule is CC(=O)C1CN(C)CC2c3ccccc3NC12. The van der Waals surface area contributed by atoms with E-state index in [-0.39, 0.29) is 5.92 Å². The van der Waals surface area contributed by atoms with E-state index < -0.39 is 0 Å². The molecule has 2 aliphatic rings. The molecule has 0 spiro atoms. The number of nitrogens with one attached hydrogen (secondary N) is 1. The Morgan fingerprint density at radius 2 is 2.12 bits per heavy atom. The third kappa shape index (κ3) is 1.65. The number of hydrogen-bond donors (Lipinski definition) is 1. The minimum absolute atomic E-state index is 0.117. The van der Waals surface area contributed by atoms with Crippen LogP contribution in [-0.4, -0.2) is 36.9 Å². The van der Waals surface area contributed by atoms with Crippen molar-refractivity contribution in [2.24, 2.45) is 5.92 Å². The number of carbonyl (C=O) groups excluding carboxylic acids is 1.